The third-order valence-corrected chi connectivity index (χ3v) is 4.66. The number of ether oxygens (including phenoxy) is 1. The van der Waals surface area contributed by atoms with Crippen LogP contribution in [-0.4, -0.2) is 28.7 Å². The number of alkyl halides is 3. The first-order valence-electron chi connectivity index (χ1n) is 8.52. The maximum absolute atomic E-state index is 13.1. The predicted molar refractivity (Wildman–Crippen MR) is 100 cm³/mol. The third-order valence-electron chi connectivity index (χ3n) is 4.66. The number of fused-ring (bicyclic) bond motifs is 1. The van der Waals surface area contributed by atoms with E-state index in [0.29, 0.717) is 22.4 Å². The van der Waals surface area contributed by atoms with Gasteiger partial charge in [-0.15, -0.1) is 0 Å². The number of hydrogen-bond acceptors (Lipinski definition) is 4. The third kappa shape index (κ3) is 3.61. The monoisotopic (exact) mass is 402 g/mol. The quantitative estimate of drug-likeness (QED) is 0.717. The van der Waals surface area contributed by atoms with E-state index in [-0.39, 0.29) is 22.3 Å². The molecule has 9 heteroatoms. The second-order valence-electron chi connectivity index (χ2n) is 6.60. The number of pyridine rings is 1. The second-order valence-corrected chi connectivity index (χ2v) is 6.60. The van der Waals surface area contributed by atoms with Crippen LogP contribution < -0.4 is 10.5 Å². The average molecular weight is 402 g/mol. The minimum Gasteiger partial charge on any atom is -0.496 e. The van der Waals surface area contributed by atoms with Gasteiger partial charge in [-0.25, -0.2) is 4.98 Å². The number of amides is 1. The van der Waals surface area contributed by atoms with Crippen molar-refractivity contribution in [3.63, 3.8) is 0 Å². The molecule has 0 spiro atoms. The van der Waals surface area contributed by atoms with E-state index in [2.05, 4.69) is 4.98 Å². The number of nitrogens with two attached hydrogens (primary N) is 1. The van der Waals surface area contributed by atoms with Crippen molar-refractivity contribution in [3.8, 4) is 22.9 Å². The number of nitriles is 1. The summed E-state index contributed by atoms with van der Waals surface area (Å²) in [7, 11) is 1.50. The Kier molecular flexibility index (Phi) is 4.96. The summed E-state index contributed by atoms with van der Waals surface area (Å²) in [5.74, 6) is -0.325. The van der Waals surface area contributed by atoms with E-state index in [1.54, 1.807) is 19.1 Å². The number of nitrogens with zero attached hydrogens (tertiary/aromatic N) is 3. The van der Waals surface area contributed by atoms with Gasteiger partial charge in [-0.3, -0.25) is 4.79 Å². The standard InChI is InChI=1S/C20H17F3N4O2/c1-10-4-5-15(29-3)11(2)16(10)13-6-14(18(25)28)26-19-17(13)12(7-24)8-27(19)9-20(21,22)23/h4-6,8H,9H2,1-3H3,(H2,25,28). The molecular formula is C20H17F3N4O2. The fourth-order valence-electron chi connectivity index (χ4n) is 3.47. The smallest absolute Gasteiger partial charge is 0.406 e. The van der Waals surface area contributed by atoms with Gasteiger partial charge in [0.05, 0.1) is 12.7 Å². The molecule has 0 aliphatic carbocycles. The van der Waals surface area contributed by atoms with Crippen LogP contribution in [0.2, 0.25) is 0 Å². The molecule has 2 heterocycles. The molecule has 3 rings (SSSR count). The fraction of sp³-hybridized carbons (Fsp3) is 0.250. The van der Waals surface area contributed by atoms with Gasteiger partial charge in [-0.2, -0.15) is 18.4 Å². The molecule has 2 N–H and O–H groups in total. The van der Waals surface area contributed by atoms with Gasteiger partial charge >= 0.3 is 6.18 Å². The van der Waals surface area contributed by atoms with E-state index < -0.39 is 18.6 Å². The molecule has 1 aromatic carbocycles. The van der Waals surface area contributed by atoms with Gasteiger partial charge in [0.15, 0.2) is 0 Å². The summed E-state index contributed by atoms with van der Waals surface area (Å²) in [5.41, 5.74) is 7.61. The molecule has 0 saturated heterocycles. The first-order chi connectivity index (χ1) is 13.6. The lowest BCUT2D eigenvalue weighted by molar-refractivity contribution is -0.139. The lowest BCUT2D eigenvalue weighted by Gasteiger charge is -2.16. The van der Waals surface area contributed by atoms with Gasteiger partial charge in [-0.1, -0.05) is 6.07 Å². The normalized spacial score (nSPS) is 11.5. The molecule has 2 aromatic heterocycles. The molecule has 0 radical (unpaired) electrons. The fourth-order valence-corrected chi connectivity index (χ4v) is 3.47. The van der Waals surface area contributed by atoms with Crippen molar-refractivity contribution in [2.24, 2.45) is 5.73 Å². The molecule has 0 aliphatic rings. The molecule has 0 aliphatic heterocycles. The lowest BCUT2D eigenvalue weighted by Crippen LogP contribution is -2.18. The largest absolute Gasteiger partial charge is 0.496 e. The van der Waals surface area contributed by atoms with Crippen LogP contribution in [0, 0.1) is 25.2 Å². The van der Waals surface area contributed by atoms with Crippen LogP contribution in [0.1, 0.15) is 27.2 Å². The van der Waals surface area contributed by atoms with Gasteiger partial charge in [-0.05, 0) is 48.2 Å². The van der Waals surface area contributed by atoms with Gasteiger partial charge in [0.2, 0.25) is 0 Å². The van der Waals surface area contributed by atoms with Crippen molar-refractivity contribution in [1.82, 2.24) is 9.55 Å². The Morgan fingerprint density at radius 2 is 2.03 bits per heavy atom. The van der Waals surface area contributed by atoms with Gasteiger partial charge in [0.1, 0.15) is 29.7 Å². The predicted octanol–water partition coefficient (Wildman–Crippen LogP) is 3.86. The number of carbonyl (C=O) groups is 1. The summed E-state index contributed by atoms with van der Waals surface area (Å²) in [6.45, 7) is 2.25. The van der Waals surface area contributed by atoms with Crippen LogP contribution in [0.15, 0.2) is 24.4 Å². The number of benzene rings is 1. The Balaban J connectivity index is 2.48. The van der Waals surface area contributed by atoms with Crippen molar-refractivity contribution in [3.05, 3.63) is 46.8 Å². The topological polar surface area (TPSA) is 93.9 Å². The molecule has 0 atom stereocenters. The van der Waals surface area contributed by atoms with E-state index >= 15 is 0 Å². The van der Waals surface area contributed by atoms with E-state index in [4.69, 9.17) is 10.5 Å². The highest BCUT2D eigenvalue weighted by atomic mass is 19.4. The highest BCUT2D eigenvalue weighted by Crippen LogP contribution is 2.39. The van der Waals surface area contributed by atoms with Crippen LogP contribution in [-0.2, 0) is 6.54 Å². The number of hydrogen-bond donors (Lipinski definition) is 1. The molecule has 3 aromatic rings. The number of methoxy groups -OCH3 is 1. The van der Waals surface area contributed by atoms with Crippen LogP contribution in [0.25, 0.3) is 22.2 Å². The lowest BCUT2D eigenvalue weighted by atomic mass is 9.92. The summed E-state index contributed by atoms with van der Waals surface area (Å²) >= 11 is 0. The molecule has 1 amide bonds. The Hall–Kier alpha value is -3.54. The Morgan fingerprint density at radius 1 is 1.34 bits per heavy atom. The molecule has 29 heavy (non-hydrogen) atoms. The zero-order valence-corrected chi connectivity index (χ0v) is 15.9. The highest BCUT2D eigenvalue weighted by Gasteiger charge is 2.30. The zero-order chi connectivity index (χ0) is 21.5. The van der Waals surface area contributed by atoms with Gasteiger partial charge in [0.25, 0.3) is 5.91 Å². The number of aryl methyl sites for hydroxylation is 1. The Labute approximate surface area is 164 Å². The van der Waals surface area contributed by atoms with Crippen molar-refractivity contribution >= 4 is 16.9 Å². The highest BCUT2D eigenvalue weighted by molar-refractivity contribution is 6.03. The summed E-state index contributed by atoms with van der Waals surface area (Å²) in [4.78, 5) is 15.9. The number of halogens is 3. The van der Waals surface area contributed by atoms with E-state index in [0.717, 1.165) is 16.3 Å². The molecule has 0 saturated carbocycles. The van der Waals surface area contributed by atoms with Crippen molar-refractivity contribution in [2.75, 3.05) is 7.11 Å². The average Bonchev–Trinajstić information content (AvgIpc) is 2.98. The van der Waals surface area contributed by atoms with Crippen LogP contribution in [0.4, 0.5) is 13.2 Å². The molecule has 150 valence electrons. The zero-order valence-electron chi connectivity index (χ0n) is 15.9. The SMILES string of the molecule is COc1ccc(C)c(-c2cc(C(N)=O)nc3c2c(C#N)cn3CC(F)(F)F)c1C. The summed E-state index contributed by atoms with van der Waals surface area (Å²) in [6.07, 6.45) is -3.45. The molecule has 0 unspecified atom stereocenters. The van der Waals surface area contributed by atoms with E-state index in [9.17, 15) is 23.2 Å². The molecular weight excluding hydrogens is 385 g/mol. The number of carbonyl (C=O) groups excluding carboxylic acids is 1. The van der Waals surface area contributed by atoms with Crippen molar-refractivity contribution in [2.45, 2.75) is 26.6 Å². The molecule has 6 nitrogen and oxygen atoms in total. The van der Waals surface area contributed by atoms with Crippen LogP contribution in [0.5, 0.6) is 5.75 Å². The van der Waals surface area contributed by atoms with E-state index in [1.807, 2.05) is 13.0 Å². The first kappa shape index (κ1) is 20.2. The first-order valence-corrected chi connectivity index (χ1v) is 8.52. The molecule has 0 fully saturated rings. The minimum atomic E-state index is -4.54. The number of primary amides is 1. The Morgan fingerprint density at radius 3 is 2.59 bits per heavy atom. The van der Waals surface area contributed by atoms with Gasteiger partial charge in [0, 0.05) is 11.6 Å². The molecule has 0 bridgehead atoms. The van der Waals surface area contributed by atoms with Gasteiger partial charge < -0.3 is 15.0 Å². The summed E-state index contributed by atoms with van der Waals surface area (Å²) in [6, 6.07) is 6.88. The summed E-state index contributed by atoms with van der Waals surface area (Å²) < 4.78 is 45.3. The van der Waals surface area contributed by atoms with E-state index in [1.165, 1.54) is 13.2 Å². The number of aromatic nitrogens is 2. The summed E-state index contributed by atoms with van der Waals surface area (Å²) in [5, 5.41) is 9.77. The maximum Gasteiger partial charge on any atom is 0.406 e. The van der Waals surface area contributed by atoms with Crippen molar-refractivity contribution in [1.29, 1.82) is 5.26 Å². The maximum atomic E-state index is 13.1. The minimum absolute atomic E-state index is 0.0180. The van der Waals surface area contributed by atoms with Crippen LogP contribution in [0.3, 0.4) is 0 Å². The second kappa shape index (κ2) is 7.13. The number of rotatable bonds is 4. The van der Waals surface area contributed by atoms with Crippen molar-refractivity contribution < 1.29 is 22.7 Å². The Bertz CT molecular complexity index is 1170. The van der Waals surface area contributed by atoms with Crippen LogP contribution >= 0.6 is 0 Å².